The molecular formula is C10H17N3O3S. The first-order valence-electron chi connectivity index (χ1n) is 5.67. The molecule has 0 aromatic carbocycles. The largest absolute Gasteiger partial charge is 0.396 e. The van der Waals surface area contributed by atoms with Crippen molar-refractivity contribution in [3.8, 4) is 0 Å². The lowest BCUT2D eigenvalue weighted by Gasteiger charge is -2.14. The molecule has 7 heteroatoms. The van der Waals surface area contributed by atoms with Gasteiger partial charge in [-0.1, -0.05) is 0 Å². The summed E-state index contributed by atoms with van der Waals surface area (Å²) in [6.07, 6.45) is 5.33. The van der Waals surface area contributed by atoms with E-state index >= 15 is 0 Å². The molecule has 1 saturated carbocycles. The highest BCUT2D eigenvalue weighted by Crippen LogP contribution is 2.30. The lowest BCUT2D eigenvalue weighted by molar-refractivity contribution is 0.277. The van der Waals surface area contributed by atoms with Crippen molar-refractivity contribution in [1.82, 2.24) is 14.1 Å². The molecule has 0 bridgehead atoms. The highest BCUT2D eigenvalue weighted by Gasteiger charge is 2.35. The summed E-state index contributed by atoms with van der Waals surface area (Å²) in [4.78, 5) is 0.227. The summed E-state index contributed by atoms with van der Waals surface area (Å²) in [5.74, 6) is 0. The van der Waals surface area contributed by atoms with Gasteiger partial charge in [0.25, 0.3) is 0 Å². The molecule has 1 heterocycles. The van der Waals surface area contributed by atoms with Gasteiger partial charge in [0.05, 0.1) is 6.20 Å². The van der Waals surface area contributed by atoms with Gasteiger partial charge >= 0.3 is 0 Å². The van der Waals surface area contributed by atoms with Crippen LogP contribution in [0.1, 0.15) is 19.3 Å². The quantitative estimate of drug-likeness (QED) is 0.783. The smallest absolute Gasteiger partial charge is 0.246 e. The molecule has 1 aromatic heterocycles. The second-order valence-electron chi connectivity index (χ2n) is 4.27. The van der Waals surface area contributed by atoms with Crippen molar-refractivity contribution in [2.24, 2.45) is 0 Å². The van der Waals surface area contributed by atoms with E-state index in [2.05, 4.69) is 5.10 Å². The number of hydrogen-bond acceptors (Lipinski definition) is 4. The predicted molar refractivity (Wildman–Crippen MR) is 61.9 cm³/mol. The first-order chi connectivity index (χ1) is 8.05. The van der Waals surface area contributed by atoms with Crippen molar-refractivity contribution in [3.63, 3.8) is 0 Å². The van der Waals surface area contributed by atoms with E-state index in [0.29, 0.717) is 13.0 Å². The Morgan fingerprint density at radius 1 is 1.59 bits per heavy atom. The zero-order valence-electron chi connectivity index (χ0n) is 9.78. The zero-order valence-corrected chi connectivity index (χ0v) is 10.6. The summed E-state index contributed by atoms with van der Waals surface area (Å²) < 4.78 is 27.2. The first kappa shape index (κ1) is 12.5. The third kappa shape index (κ3) is 2.67. The van der Waals surface area contributed by atoms with Crippen LogP contribution in [0.3, 0.4) is 0 Å². The molecule has 1 fully saturated rings. The van der Waals surface area contributed by atoms with E-state index in [4.69, 9.17) is 5.11 Å². The Hall–Kier alpha value is -0.920. The van der Waals surface area contributed by atoms with Crippen molar-refractivity contribution >= 4 is 10.0 Å². The van der Waals surface area contributed by atoms with E-state index in [1.54, 1.807) is 11.7 Å². The number of aryl methyl sites for hydroxylation is 1. The summed E-state index contributed by atoms with van der Waals surface area (Å²) in [6.45, 7) is 0.600. The molecule has 0 aliphatic heterocycles. The molecular weight excluding hydrogens is 242 g/mol. The van der Waals surface area contributed by atoms with Crippen LogP contribution in [-0.2, 0) is 16.6 Å². The van der Waals surface area contributed by atoms with E-state index in [1.165, 1.54) is 16.7 Å². The first-order valence-corrected chi connectivity index (χ1v) is 7.11. The predicted octanol–water partition coefficient (Wildman–Crippen LogP) is 0.0484. The number of aliphatic hydroxyl groups is 1. The van der Waals surface area contributed by atoms with Gasteiger partial charge in [-0.2, -0.15) is 9.40 Å². The highest BCUT2D eigenvalue weighted by atomic mass is 32.2. The molecule has 0 amide bonds. The van der Waals surface area contributed by atoms with Crippen LogP contribution in [0, 0.1) is 0 Å². The fourth-order valence-corrected chi connectivity index (χ4v) is 3.00. The molecule has 0 radical (unpaired) electrons. The molecule has 1 aliphatic rings. The van der Waals surface area contributed by atoms with Crippen LogP contribution < -0.4 is 0 Å². The van der Waals surface area contributed by atoms with Gasteiger partial charge in [-0.25, -0.2) is 8.42 Å². The third-order valence-corrected chi connectivity index (χ3v) is 4.76. The van der Waals surface area contributed by atoms with Crippen LogP contribution in [0.4, 0.5) is 0 Å². The Morgan fingerprint density at radius 3 is 2.88 bits per heavy atom. The van der Waals surface area contributed by atoms with Gasteiger partial charge in [-0.05, 0) is 19.3 Å². The van der Waals surface area contributed by atoms with Crippen molar-refractivity contribution in [2.75, 3.05) is 13.7 Å². The van der Waals surface area contributed by atoms with Crippen LogP contribution in [0.25, 0.3) is 0 Å². The molecule has 1 aliphatic carbocycles. The van der Waals surface area contributed by atoms with E-state index in [9.17, 15) is 8.42 Å². The van der Waals surface area contributed by atoms with Crippen LogP contribution in [0.2, 0.25) is 0 Å². The van der Waals surface area contributed by atoms with Crippen LogP contribution >= 0.6 is 0 Å². The van der Waals surface area contributed by atoms with Crippen molar-refractivity contribution in [1.29, 1.82) is 0 Å². The SMILES string of the molecule is CN(C1CC1)S(=O)(=O)c1cnn(CCCO)c1. The summed E-state index contributed by atoms with van der Waals surface area (Å²) in [6, 6.07) is 0.154. The van der Waals surface area contributed by atoms with E-state index < -0.39 is 10.0 Å². The van der Waals surface area contributed by atoms with Gasteiger partial charge in [-0.15, -0.1) is 0 Å². The molecule has 6 nitrogen and oxygen atoms in total. The van der Waals surface area contributed by atoms with Gasteiger partial charge in [0.15, 0.2) is 0 Å². The van der Waals surface area contributed by atoms with Gasteiger partial charge in [-0.3, -0.25) is 4.68 Å². The Balaban J connectivity index is 2.12. The van der Waals surface area contributed by atoms with E-state index in [0.717, 1.165) is 12.8 Å². The monoisotopic (exact) mass is 259 g/mol. The molecule has 1 aromatic rings. The van der Waals surface area contributed by atoms with Crippen LogP contribution in [0.15, 0.2) is 17.3 Å². The molecule has 0 saturated heterocycles. The van der Waals surface area contributed by atoms with Crippen molar-refractivity contribution in [2.45, 2.75) is 36.7 Å². The number of nitrogens with zero attached hydrogens (tertiary/aromatic N) is 3. The Bertz CT molecular complexity index is 479. The van der Waals surface area contributed by atoms with Crippen LogP contribution in [-0.4, -0.2) is 47.3 Å². The normalized spacial score (nSPS) is 16.6. The lowest BCUT2D eigenvalue weighted by Crippen LogP contribution is -2.28. The zero-order chi connectivity index (χ0) is 12.5. The molecule has 17 heavy (non-hydrogen) atoms. The molecule has 0 unspecified atom stereocenters. The minimum absolute atomic E-state index is 0.0733. The van der Waals surface area contributed by atoms with Crippen molar-refractivity contribution < 1.29 is 13.5 Å². The maximum absolute atomic E-state index is 12.1. The summed E-state index contributed by atoms with van der Waals surface area (Å²) in [7, 11) is -1.78. The fourth-order valence-electron chi connectivity index (χ4n) is 1.63. The molecule has 0 atom stereocenters. The minimum Gasteiger partial charge on any atom is -0.396 e. The second-order valence-corrected chi connectivity index (χ2v) is 6.27. The van der Waals surface area contributed by atoms with Crippen molar-refractivity contribution in [3.05, 3.63) is 12.4 Å². The standard InChI is InChI=1S/C10H17N3O3S/c1-12(9-3-4-9)17(15,16)10-7-11-13(8-10)5-2-6-14/h7-9,14H,2-6H2,1H3. The minimum atomic E-state index is -3.39. The Morgan fingerprint density at radius 2 is 2.29 bits per heavy atom. The maximum atomic E-state index is 12.1. The Kier molecular flexibility index (Phi) is 3.50. The molecule has 1 N–H and O–H groups in total. The number of aromatic nitrogens is 2. The van der Waals surface area contributed by atoms with Gasteiger partial charge in [0.1, 0.15) is 4.90 Å². The van der Waals surface area contributed by atoms with Gasteiger partial charge in [0.2, 0.25) is 10.0 Å². The van der Waals surface area contributed by atoms with Gasteiger partial charge in [0, 0.05) is 32.4 Å². The number of hydrogen-bond donors (Lipinski definition) is 1. The summed E-state index contributed by atoms with van der Waals surface area (Å²) >= 11 is 0. The lowest BCUT2D eigenvalue weighted by atomic mass is 10.5. The average Bonchev–Trinajstić information content (AvgIpc) is 3.03. The molecule has 96 valence electrons. The number of aliphatic hydroxyl groups excluding tert-OH is 1. The van der Waals surface area contributed by atoms with Crippen LogP contribution in [0.5, 0.6) is 0 Å². The highest BCUT2D eigenvalue weighted by molar-refractivity contribution is 7.89. The average molecular weight is 259 g/mol. The summed E-state index contributed by atoms with van der Waals surface area (Å²) in [5, 5.41) is 12.7. The van der Waals surface area contributed by atoms with E-state index in [1.807, 2.05) is 0 Å². The summed E-state index contributed by atoms with van der Waals surface area (Å²) in [5.41, 5.74) is 0. The Labute approximate surface area is 101 Å². The van der Waals surface area contributed by atoms with Gasteiger partial charge < -0.3 is 5.11 Å². The number of rotatable bonds is 6. The fraction of sp³-hybridized carbons (Fsp3) is 0.700. The molecule has 0 spiro atoms. The maximum Gasteiger partial charge on any atom is 0.246 e. The topological polar surface area (TPSA) is 75.4 Å². The second kappa shape index (κ2) is 4.75. The molecule has 2 rings (SSSR count). The number of sulfonamides is 1. The third-order valence-electron chi connectivity index (χ3n) is 2.89. The van der Waals surface area contributed by atoms with E-state index in [-0.39, 0.29) is 17.5 Å².